The zero-order chi connectivity index (χ0) is 22.0. The molecule has 1 aliphatic carbocycles. The maximum absolute atomic E-state index is 12.8. The number of sulfonamides is 1. The van der Waals surface area contributed by atoms with Crippen molar-refractivity contribution in [1.82, 2.24) is 20.2 Å². The van der Waals surface area contributed by atoms with Crippen molar-refractivity contribution in [3.63, 3.8) is 0 Å². The zero-order valence-electron chi connectivity index (χ0n) is 17.7. The summed E-state index contributed by atoms with van der Waals surface area (Å²) in [5.74, 6) is 1.16. The van der Waals surface area contributed by atoms with E-state index in [-0.39, 0.29) is 29.4 Å². The van der Waals surface area contributed by atoms with Gasteiger partial charge in [-0.2, -0.15) is 4.98 Å². The van der Waals surface area contributed by atoms with Crippen molar-refractivity contribution >= 4 is 15.9 Å². The highest BCUT2D eigenvalue weighted by Gasteiger charge is 2.32. The van der Waals surface area contributed by atoms with Crippen LogP contribution < -0.4 is 10.0 Å². The predicted molar refractivity (Wildman–Crippen MR) is 112 cm³/mol. The number of carbonyl (C=O) groups is 1. The van der Waals surface area contributed by atoms with Crippen LogP contribution in [0.2, 0.25) is 0 Å². The number of amides is 1. The average Bonchev–Trinajstić information content (AvgIpc) is 3.25. The number of hydrogen-bond donors (Lipinski definition) is 2. The second-order valence-corrected chi connectivity index (χ2v) is 10.2. The van der Waals surface area contributed by atoms with Crippen molar-refractivity contribution in [3.05, 3.63) is 41.5 Å². The first kappa shape index (κ1) is 21.9. The van der Waals surface area contributed by atoms with Crippen LogP contribution in [-0.4, -0.2) is 43.7 Å². The van der Waals surface area contributed by atoms with Crippen molar-refractivity contribution in [1.29, 1.82) is 0 Å². The van der Waals surface area contributed by atoms with Gasteiger partial charge in [0.15, 0.2) is 5.82 Å². The Morgan fingerprint density at radius 3 is 2.55 bits per heavy atom. The Morgan fingerprint density at radius 1 is 1.19 bits per heavy atom. The number of carbonyl (C=O) groups excluding carboxylic acids is 1. The molecule has 2 heterocycles. The van der Waals surface area contributed by atoms with Crippen LogP contribution in [0.3, 0.4) is 0 Å². The molecule has 2 unspecified atom stereocenters. The quantitative estimate of drug-likeness (QED) is 0.604. The molecule has 2 N–H and O–H groups in total. The molecule has 4 rings (SSSR count). The summed E-state index contributed by atoms with van der Waals surface area (Å²) in [6.07, 6.45) is 3.84. The summed E-state index contributed by atoms with van der Waals surface area (Å²) in [6.45, 7) is 4.83. The van der Waals surface area contributed by atoms with Gasteiger partial charge in [0.25, 0.3) is 5.91 Å². The highest BCUT2D eigenvalue weighted by molar-refractivity contribution is 7.89. The van der Waals surface area contributed by atoms with Gasteiger partial charge in [-0.1, -0.05) is 19.0 Å². The van der Waals surface area contributed by atoms with E-state index in [1.54, 1.807) is 0 Å². The molecule has 1 amide bonds. The number of rotatable bonds is 9. The normalized spacial score (nSPS) is 20.2. The van der Waals surface area contributed by atoms with Gasteiger partial charge in [0, 0.05) is 24.6 Å². The van der Waals surface area contributed by atoms with Crippen molar-refractivity contribution in [2.24, 2.45) is 5.92 Å². The fraction of sp³-hybridized carbons (Fsp3) is 0.571. The molecule has 1 aliphatic heterocycles. The Balaban J connectivity index is 1.40. The maximum atomic E-state index is 12.8. The molecule has 168 valence electrons. The molecule has 0 radical (unpaired) electrons. The summed E-state index contributed by atoms with van der Waals surface area (Å²) in [7, 11) is -3.66. The summed E-state index contributed by atoms with van der Waals surface area (Å²) in [6, 6.07) is 5.42. The molecule has 10 heteroatoms. The molecular weight excluding hydrogens is 420 g/mol. The van der Waals surface area contributed by atoms with E-state index in [9.17, 15) is 13.2 Å². The lowest BCUT2D eigenvalue weighted by Crippen LogP contribution is -2.32. The molecule has 31 heavy (non-hydrogen) atoms. The monoisotopic (exact) mass is 448 g/mol. The van der Waals surface area contributed by atoms with Crippen molar-refractivity contribution in [2.45, 2.75) is 62.5 Å². The van der Waals surface area contributed by atoms with Crippen LogP contribution in [0.5, 0.6) is 0 Å². The molecule has 1 saturated carbocycles. The lowest BCUT2D eigenvalue weighted by molar-refractivity contribution is 0.0914. The van der Waals surface area contributed by atoms with E-state index in [1.807, 2.05) is 13.8 Å². The molecule has 2 fully saturated rings. The van der Waals surface area contributed by atoms with Gasteiger partial charge in [0.05, 0.1) is 11.0 Å². The van der Waals surface area contributed by atoms with Crippen LogP contribution in [0.4, 0.5) is 0 Å². The Morgan fingerprint density at radius 2 is 1.94 bits per heavy atom. The second kappa shape index (κ2) is 9.05. The number of ether oxygens (including phenoxy) is 1. The maximum Gasteiger partial charge on any atom is 0.251 e. The van der Waals surface area contributed by atoms with Crippen LogP contribution in [0.25, 0.3) is 0 Å². The zero-order valence-corrected chi connectivity index (χ0v) is 18.5. The lowest BCUT2D eigenvalue weighted by atomic mass is 10.0. The minimum absolute atomic E-state index is 0.0399. The molecular formula is C21H28N4O5S. The highest BCUT2D eigenvalue weighted by Crippen LogP contribution is 2.38. The number of benzene rings is 1. The summed E-state index contributed by atoms with van der Waals surface area (Å²) in [4.78, 5) is 17.3. The molecule has 1 aromatic carbocycles. The molecule has 2 aliphatic rings. The van der Waals surface area contributed by atoms with E-state index in [2.05, 4.69) is 20.2 Å². The number of hydrogen-bond acceptors (Lipinski definition) is 7. The third-order valence-electron chi connectivity index (χ3n) is 5.57. The summed E-state index contributed by atoms with van der Waals surface area (Å²) < 4.78 is 38.4. The number of aromatic nitrogens is 2. The molecule has 1 aromatic heterocycles. The van der Waals surface area contributed by atoms with Gasteiger partial charge in [-0.25, -0.2) is 13.1 Å². The minimum Gasteiger partial charge on any atom is -0.377 e. The van der Waals surface area contributed by atoms with Crippen molar-refractivity contribution < 1.29 is 22.5 Å². The highest BCUT2D eigenvalue weighted by atomic mass is 32.2. The molecule has 9 nitrogen and oxygen atoms in total. The van der Waals surface area contributed by atoms with Gasteiger partial charge in [-0.3, -0.25) is 4.79 Å². The van der Waals surface area contributed by atoms with Crippen LogP contribution in [-0.2, 0) is 14.8 Å². The van der Waals surface area contributed by atoms with Crippen LogP contribution in [0.15, 0.2) is 33.7 Å². The third kappa shape index (κ3) is 5.31. The smallest absolute Gasteiger partial charge is 0.251 e. The third-order valence-corrected chi connectivity index (χ3v) is 7.01. The van der Waals surface area contributed by atoms with E-state index in [4.69, 9.17) is 9.26 Å². The summed E-state index contributed by atoms with van der Waals surface area (Å²) >= 11 is 0. The van der Waals surface area contributed by atoms with Gasteiger partial charge in [0.2, 0.25) is 15.9 Å². The van der Waals surface area contributed by atoms with E-state index in [1.165, 1.54) is 24.3 Å². The fourth-order valence-corrected chi connectivity index (χ4v) is 4.56. The van der Waals surface area contributed by atoms with Gasteiger partial charge in [0.1, 0.15) is 6.04 Å². The molecule has 1 saturated heterocycles. The van der Waals surface area contributed by atoms with E-state index < -0.39 is 16.1 Å². The van der Waals surface area contributed by atoms with Crippen molar-refractivity contribution in [3.8, 4) is 0 Å². The topological polar surface area (TPSA) is 123 Å². The van der Waals surface area contributed by atoms with Gasteiger partial charge >= 0.3 is 0 Å². The molecule has 0 spiro atoms. The summed E-state index contributed by atoms with van der Waals surface area (Å²) in [5, 5.41) is 6.95. The Labute approximate surface area is 182 Å². The first-order valence-electron chi connectivity index (χ1n) is 10.7. The Hall–Kier alpha value is -2.30. The van der Waals surface area contributed by atoms with Crippen molar-refractivity contribution in [2.75, 3.05) is 13.2 Å². The molecule has 2 aromatic rings. The van der Waals surface area contributed by atoms with Crippen LogP contribution >= 0.6 is 0 Å². The second-order valence-electron chi connectivity index (χ2n) is 8.47. The van der Waals surface area contributed by atoms with E-state index >= 15 is 0 Å². The standard InChI is InChI=1S/C21H28N4O5S/c1-13(2)18(21-24-19(25-30-21)14-5-6-14)23-20(26)15-7-9-17(10-8-15)31(27,28)22-12-16-4-3-11-29-16/h7-10,13-14,16,18,22H,3-6,11-12H2,1-2H3,(H,23,26). The summed E-state index contributed by atoms with van der Waals surface area (Å²) in [5.41, 5.74) is 0.352. The average molecular weight is 449 g/mol. The first-order valence-corrected chi connectivity index (χ1v) is 12.2. The lowest BCUT2D eigenvalue weighted by Gasteiger charge is -2.18. The number of nitrogens with one attached hydrogen (secondary N) is 2. The van der Waals surface area contributed by atoms with Gasteiger partial charge in [-0.05, 0) is 55.9 Å². The first-order chi connectivity index (χ1) is 14.8. The fourth-order valence-electron chi connectivity index (χ4n) is 3.50. The molecule has 0 bridgehead atoms. The molecule has 2 atom stereocenters. The van der Waals surface area contributed by atoms with E-state index in [0.29, 0.717) is 29.8 Å². The van der Waals surface area contributed by atoms with E-state index in [0.717, 1.165) is 25.7 Å². The minimum atomic E-state index is -3.66. The van der Waals surface area contributed by atoms with Gasteiger partial charge < -0.3 is 14.6 Å². The SMILES string of the molecule is CC(C)C(NC(=O)c1ccc(S(=O)(=O)NCC2CCCO2)cc1)c1nc(C2CC2)no1. The number of nitrogens with zero attached hydrogens (tertiary/aromatic N) is 2. The predicted octanol–water partition coefficient (Wildman–Crippen LogP) is 2.53. The van der Waals surface area contributed by atoms with Gasteiger partial charge in [-0.15, -0.1) is 0 Å². The van der Waals surface area contributed by atoms with Crippen LogP contribution in [0, 0.1) is 5.92 Å². The Kier molecular flexibility index (Phi) is 6.40. The Bertz CT molecular complexity index is 1010. The van der Waals surface area contributed by atoms with Crippen LogP contribution in [0.1, 0.15) is 73.6 Å². The largest absolute Gasteiger partial charge is 0.377 e.